The Balaban J connectivity index is 2.83. The molecule has 1 aromatic heterocycles. The number of rotatable bonds is 2. The molecule has 2 nitrogen and oxygen atoms in total. The third-order valence-electron chi connectivity index (χ3n) is 1.73. The number of allylic oxidation sites excluding steroid dienone is 1. The first-order chi connectivity index (χ1) is 6.09. The number of aryl methyl sites for hydroxylation is 1. The lowest BCUT2D eigenvalue weighted by Crippen LogP contribution is -1.97. The van der Waals surface area contributed by atoms with Gasteiger partial charge in [-0.2, -0.15) is 0 Å². The Hall–Kier alpha value is -1.15. The van der Waals surface area contributed by atoms with Gasteiger partial charge >= 0.3 is 0 Å². The quantitative estimate of drug-likeness (QED) is 0.703. The van der Waals surface area contributed by atoms with E-state index in [0.29, 0.717) is 5.69 Å². The van der Waals surface area contributed by atoms with Crippen molar-refractivity contribution in [2.45, 2.75) is 26.9 Å². The molecule has 1 atom stereocenters. The first-order valence-corrected chi connectivity index (χ1v) is 4.35. The van der Waals surface area contributed by atoms with Gasteiger partial charge in [0.1, 0.15) is 6.10 Å². The van der Waals surface area contributed by atoms with Gasteiger partial charge in [0.2, 0.25) is 0 Å². The van der Waals surface area contributed by atoms with Crippen LogP contribution in [-0.4, -0.2) is 10.1 Å². The molecule has 1 aromatic rings. The molecule has 13 heavy (non-hydrogen) atoms. The van der Waals surface area contributed by atoms with Crippen LogP contribution in [0.25, 0.3) is 0 Å². The average molecular weight is 177 g/mol. The zero-order valence-corrected chi connectivity index (χ0v) is 8.28. The van der Waals surface area contributed by atoms with E-state index in [0.717, 1.165) is 11.1 Å². The van der Waals surface area contributed by atoms with Gasteiger partial charge in [-0.15, -0.1) is 0 Å². The third kappa shape index (κ3) is 2.99. The largest absolute Gasteiger partial charge is 0.383 e. The standard InChI is InChI=1S/C11H15NO/c1-8(2)6-11(13)10-5-4-9(3)7-12-10/h4-7,11,13H,1-3H3. The Bertz CT molecular complexity index is 296. The van der Waals surface area contributed by atoms with Gasteiger partial charge in [0.05, 0.1) is 5.69 Å². The summed E-state index contributed by atoms with van der Waals surface area (Å²) < 4.78 is 0. The minimum Gasteiger partial charge on any atom is -0.383 e. The smallest absolute Gasteiger partial charge is 0.114 e. The summed E-state index contributed by atoms with van der Waals surface area (Å²) in [4.78, 5) is 4.14. The van der Waals surface area contributed by atoms with Gasteiger partial charge < -0.3 is 5.11 Å². The Kier molecular flexibility index (Phi) is 3.20. The molecule has 1 unspecified atom stereocenters. The van der Waals surface area contributed by atoms with E-state index in [2.05, 4.69) is 4.98 Å². The Morgan fingerprint density at radius 3 is 2.62 bits per heavy atom. The third-order valence-corrected chi connectivity index (χ3v) is 1.73. The average Bonchev–Trinajstić information content (AvgIpc) is 2.04. The number of hydrogen-bond donors (Lipinski definition) is 1. The summed E-state index contributed by atoms with van der Waals surface area (Å²) >= 11 is 0. The molecule has 0 saturated carbocycles. The van der Waals surface area contributed by atoms with Crippen LogP contribution in [0.4, 0.5) is 0 Å². The second-order valence-corrected chi connectivity index (χ2v) is 3.45. The summed E-state index contributed by atoms with van der Waals surface area (Å²) in [6, 6.07) is 3.80. The van der Waals surface area contributed by atoms with Crippen LogP contribution >= 0.6 is 0 Å². The minimum atomic E-state index is -0.578. The molecule has 1 N–H and O–H groups in total. The Morgan fingerprint density at radius 1 is 1.46 bits per heavy atom. The first kappa shape index (κ1) is 9.93. The lowest BCUT2D eigenvalue weighted by molar-refractivity contribution is 0.222. The summed E-state index contributed by atoms with van der Waals surface area (Å²) in [5, 5.41) is 9.64. The molecule has 0 spiro atoms. The van der Waals surface area contributed by atoms with Crippen molar-refractivity contribution in [2.75, 3.05) is 0 Å². The monoisotopic (exact) mass is 177 g/mol. The van der Waals surface area contributed by atoms with E-state index in [1.165, 1.54) is 0 Å². The fourth-order valence-electron chi connectivity index (χ4n) is 1.06. The molecule has 0 aliphatic rings. The van der Waals surface area contributed by atoms with Gasteiger partial charge in [0.15, 0.2) is 0 Å². The molecule has 0 aromatic carbocycles. The summed E-state index contributed by atoms with van der Waals surface area (Å²) in [5.74, 6) is 0. The molecule has 0 amide bonds. The fourth-order valence-corrected chi connectivity index (χ4v) is 1.06. The van der Waals surface area contributed by atoms with Crippen LogP contribution in [0.2, 0.25) is 0 Å². The van der Waals surface area contributed by atoms with Gasteiger partial charge in [-0.1, -0.05) is 17.7 Å². The summed E-state index contributed by atoms with van der Waals surface area (Å²) in [6.45, 7) is 5.89. The molecule has 2 heteroatoms. The highest BCUT2D eigenvalue weighted by Crippen LogP contribution is 2.13. The predicted molar refractivity (Wildman–Crippen MR) is 53.4 cm³/mol. The van der Waals surface area contributed by atoms with Crippen LogP contribution in [0.1, 0.15) is 31.2 Å². The molecule has 0 aliphatic heterocycles. The molecule has 0 radical (unpaired) electrons. The van der Waals surface area contributed by atoms with Crippen LogP contribution in [0, 0.1) is 6.92 Å². The van der Waals surface area contributed by atoms with Crippen LogP contribution in [0.15, 0.2) is 30.0 Å². The molecule has 1 heterocycles. The van der Waals surface area contributed by atoms with Gasteiger partial charge in [-0.3, -0.25) is 4.98 Å². The number of aliphatic hydroxyl groups excluding tert-OH is 1. The van der Waals surface area contributed by atoms with E-state index in [1.54, 1.807) is 12.3 Å². The molecule has 0 fully saturated rings. The van der Waals surface area contributed by atoms with Gasteiger partial charge in [-0.25, -0.2) is 0 Å². The van der Waals surface area contributed by atoms with E-state index in [4.69, 9.17) is 0 Å². The molecule has 1 rings (SSSR count). The zero-order chi connectivity index (χ0) is 9.84. The highest BCUT2D eigenvalue weighted by molar-refractivity contribution is 5.17. The van der Waals surface area contributed by atoms with Crippen LogP contribution in [0.3, 0.4) is 0 Å². The van der Waals surface area contributed by atoms with Crippen LogP contribution in [-0.2, 0) is 0 Å². The molecule has 0 aliphatic carbocycles. The van der Waals surface area contributed by atoms with E-state index < -0.39 is 6.10 Å². The van der Waals surface area contributed by atoms with Gasteiger partial charge in [-0.05, 0) is 32.4 Å². The van der Waals surface area contributed by atoms with Crippen molar-refractivity contribution in [1.82, 2.24) is 4.98 Å². The van der Waals surface area contributed by atoms with Crippen molar-refractivity contribution < 1.29 is 5.11 Å². The second kappa shape index (κ2) is 4.19. The van der Waals surface area contributed by atoms with E-state index in [-0.39, 0.29) is 0 Å². The molecule has 0 saturated heterocycles. The maximum absolute atomic E-state index is 9.64. The van der Waals surface area contributed by atoms with Crippen molar-refractivity contribution in [1.29, 1.82) is 0 Å². The normalized spacial score (nSPS) is 12.3. The van der Waals surface area contributed by atoms with Crippen LogP contribution in [0.5, 0.6) is 0 Å². The number of aromatic nitrogens is 1. The van der Waals surface area contributed by atoms with E-state index >= 15 is 0 Å². The summed E-state index contributed by atoms with van der Waals surface area (Å²) in [5.41, 5.74) is 2.90. The molecular formula is C11H15NO. The Morgan fingerprint density at radius 2 is 2.15 bits per heavy atom. The highest BCUT2D eigenvalue weighted by Gasteiger charge is 2.03. The number of nitrogens with zero attached hydrogens (tertiary/aromatic N) is 1. The van der Waals surface area contributed by atoms with Gasteiger partial charge in [0.25, 0.3) is 0 Å². The zero-order valence-electron chi connectivity index (χ0n) is 8.28. The van der Waals surface area contributed by atoms with Gasteiger partial charge in [0, 0.05) is 6.20 Å². The number of aliphatic hydroxyl groups is 1. The minimum absolute atomic E-state index is 0.578. The maximum atomic E-state index is 9.64. The second-order valence-electron chi connectivity index (χ2n) is 3.45. The van der Waals surface area contributed by atoms with Crippen molar-refractivity contribution >= 4 is 0 Å². The lowest BCUT2D eigenvalue weighted by atomic mass is 10.1. The van der Waals surface area contributed by atoms with Crippen molar-refractivity contribution in [3.05, 3.63) is 41.2 Å². The van der Waals surface area contributed by atoms with E-state index in [9.17, 15) is 5.11 Å². The highest BCUT2D eigenvalue weighted by atomic mass is 16.3. The maximum Gasteiger partial charge on any atom is 0.114 e. The van der Waals surface area contributed by atoms with Crippen molar-refractivity contribution in [3.8, 4) is 0 Å². The topological polar surface area (TPSA) is 33.1 Å². The number of pyridine rings is 1. The first-order valence-electron chi connectivity index (χ1n) is 4.35. The molecular weight excluding hydrogens is 162 g/mol. The lowest BCUT2D eigenvalue weighted by Gasteiger charge is -2.05. The summed E-state index contributed by atoms with van der Waals surface area (Å²) in [6.07, 6.45) is 2.97. The number of hydrogen-bond acceptors (Lipinski definition) is 2. The van der Waals surface area contributed by atoms with E-state index in [1.807, 2.05) is 32.9 Å². The predicted octanol–water partition coefficient (Wildman–Crippen LogP) is 2.39. The Labute approximate surface area is 78.9 Å². The molecule has 0 bridgehead atoms. The summed E-state index contributed by atoms with van der Waals surface area (Å²) in [7, 11) is 0. The van der Waals surface area contributed by atoms with Crippen molar-refractivity contribution in [3.63, 3.8) is 0 Å². The SMILES string of the molecule is CC(C)=CC(O)c1ccc(C)cn1. The fraction of sp³-hybridized carbons (Fsp3) is 0.364. The van der Waals surface area contributed by atoms with Crippen molar-refractivity contribution in [2.24, 2.45) is 0 Å². The molecule has 70 valence electrons. The van der Waals surface area contributed by atoms with Crippen LogP contribution < -0.4 is 0 Å².